The summed E-state index contributed by atoms with van der Waals surface area (Å²) in [6.45, 7) is 4.43. The second-order valence-corrected chi connectivity index (χ2v) is 9.42. The number of halogens is 2. The van der Waals surface area contributed by atoms with Crippen molar-refractivity contribution in [3.8, 4) is 11.1 Å². The van der Waals surface area contributed by atoms with Gasteiger partial charge in [-0.15, -0.1) is 36.8 Å². The predicted molar refractivity (Wildman–Crippen MR) is 184 cm³/mol. The molecule has 222 valence electrons. The molecule has 0 radical (unpaired) electrons. The average molecular weight is 675 g/mol. The molecule has 0 aliphatic heterocycles. The van der Waals surface area contributed by atoms with Gasteiger partial charge < -0.3 is 0 Å². The number of allylic oxidation sites excluding steroid dienone is 4. The van der Waals surface area contributed by atoms with E-state index >= 15 is 0 Å². The van der Waals surface area contributed by atoms with Gasteiger partial charge in [0, 0.05) is 0 Å². The number of hydrogen-bond donors (Lipinski definition) is 0. The first-order valence-corrected chi connectivity index (χ1v) is 16.1. The van der Waals surface area contributed by atoms with Gasteiger partial charge in [-0.1, -0.05) is 87.8 Å². The van der Waals surface area contributed by atoms with Crippen LogP contribution in [0.2, 0.25) is 0 Å². The van der Waals surface area contributed by atoms with Crippen molar-refractivity contribution in [3.63, 3.8) is 0 Å². The quantitative estimate of drug-likeness (QED) is 0.157. The third kappa shape index (κ3) is 15.8. The molecule has 0 bridgehead atoms. The van der Waals surface area contributed by atoms with Gasteiger partial charge in [-0.25, -0.2) is 12.2 Å². The minimum atomic E-state index is 0. The molecule has 0 aromatic heterocycles. The van der Waals surface area contributed by atoms with E-state index in [1.54, 1.807) is 0 Å². The third-order valence-corrected chi connectivity index (χ3v) is 6.41. The molecule has 2 aliphatic rings. The Labute approximate surface area is 283 Å². The second-order valence-electron chi connectivity index (χ2n) is 9.42. The summed E-state index contributed by atoms with van der Waals surface area (Å²) in [5.41, 5.74) is 8.37. The number of unbranched alkanes of at least 4 members (excludes halogenated alkanes) is 2. The van der Waals surface area contributed by atoms with Gasteiger partial charge in [0.1, 0.15) is 0 Å². The molecule has 3 heteroatoms. The summed E-state index contributed by atoms with van der Waals surface area (Å²) in [5.74, 6) is 0. The van der Waals surface area contributed by atoms with Crippen molar-refractivity contribution < 1.29 is 24.2 Å². The van der Waals surface area contributed by atoms with Gasteiger partial charge in [0.2, 0.25) is 0 Å². The maximum Gasteiger partial charge on any atom is -0.0253 e. The summed E-state index contributed by atoms with van der Waals surface area (Å²) in [6, 6.07) is 40.6. The first-order valence-electron chi connectivity index (χ1n) is 14.4. The maximum absolute atomic E-state index is 3.34. The number of aryl methyl sites for hydroxylation is 2. The number of fused-ring (bicyclic) bond motifs is 3. The van der Waals surface area contributed by atoms with Gasteiger partial charge in [0.15, 0.2) is 0 Å². The van der Waals surface area contributed by atoms with Crippen LogP contribution in [-0.4, -0.2) is 4.21 Å². The Bertz CT molecular complexity index is 1150. The van der Waals surface area contributed by atoms with E-state index in [4.69, 9.17) is 0 Å². The summed E-state index contributed by atoms with van der Waals surface area (Å²) in [5, 5.41) is 0. The standard InChI is InChI=1S/C13H9.2C10H13.C5H5.CH2.2ClH.Zr/c1-3-7-12-10(5-1)9-11-6-2-4-8-13(11)12;2*1-2-3-7-10-8-5-4-6-9-10;1-2-4-5-3-1;;;;/h1-5,7-8H,9H2;2*5-6,8-9H,2-3,7H2,1H3;1-3H,4H2;1H2;2*1H;/q4*-1;;;;. The van der Waals surface area contributed by atoms with Gasteiger partial charge in [0.05, 0.1) is 0 Å². The molecule has 0 amide bonds. The van der Waals surface area contributed by atoms with Crippen LogP contribution in [0.4, 0.5) is 0 Å². The molecule has 0 heterocycles. The van der Waals surface area contributed by atoms with Crippen molar-refractivity contribution in [2.24, 2.45) is 0 Å². The number of hydrogen-bond acceptors (Lipinski definition) is 0. The zero-order chi connectivity index (χ0) is 28.7. The van der Waals surface area contributed by atoms with Gasteiger partial charge in [-0.05, 0) is 6.42 Å². The molecule has 0 unspecified atom stereocenters. The molecule has 2 aliphatic carbocycles. The number of rotatable bonds is 6. The molecule has 0 atom stereocenters. The van der Waals surface area contributed by atoms with Crippen LogP contribution in [0.15, 0.2) is 109 Å². The minimum Gasteiger partial charge on any atom is -0.179 e. The van der Waals surface area contributed by atoms with Crippen LogP contribution in [0.5, 0.6) is 0 Å². The van der Waals surface area contributed by atoms with E-state index in [0.29, 0.717) is 0 Å². The van der Waals surface area contributed by atoms with E-state index in [0.717, 1.165) is 12.8 Å². The molecular weight excluding hydrogens is 631 g/mol. The van der Waals surface area contributed by atoms with E-state index in [2.05, 4.69) is 109 Å². The Kier molecular flexibility index (Phi) is 24.9. The van der Waals surface area contributed by atoms with E-state index in [9.17, 15) is 0 Å². The van der Waals surface area contributed by atoms with Crippen LogP contribution >= 0.6 is 24.8 Å². The Hall–Kier alpha value is -2.31. The Morgan fingerprint density at radius 1 is 0.690 bits per heavy atom. The molecule has 4 aromatic carbocycles. The molecule has 0 nitrogen and oxygen atoms in total. The largest absolute Gasteiger partial charge is 0.179 e. The van der Waals surface area contributed by atoms with Crippen LogP contribution in [0, 0.1) is 24.3 Å². The van der Waals surface area contributed by atoms with Crippen molar-refractivity contribution in [1.82, 2.24) is 0 Å². The average Bonchev–Trinajstić information content (AvgIpc) is 3.74. The van der Waals surface area contributed by atoms with Crippen LogP contribution in [0.25, 0.3) is 11.1 Å². The first kappa shape index (κ1) is 39.7. The normalized spacial score (nSPS) is 10.6. The van der Waals surface area contributed by atoms with Crippen LogP contribution < -0.4 is 0 Å². The number of benzene rings is 4. The van der Waals surface area contributed by atoms with Crippen LogP contribution in [-0.2, 0) is 43.5 Å². The second kappa shape index (κ2) is 26.3. The minimum absolute atomic E-state index is 0. The molecule has 6 rings (SSSR count). The topological polar surface area (TPSA) is 0 Å². The van der Waals surface area contributed by atoms with Crippen molar-refractivity contribution in [2.75, 3.05) is 0 Å². The van der Waals surface area contributed by atoms with Gasteiger partial charge >= 0.3 is 28.4 Å². The van der Waals surface area contributed by atoms with E-state index in [1.807, 2.05) is 42.5 Å². The maximum atomic E-state index is 3.34. The van der Waals surface area contributed by atoms with Crippen molar-refractivity contribution in [3.05, 3.63) is 156 Å². The molecular formula is C39H44Cl2Zr-4. The first-order chi connectivity index (χ1) is 19.8. The van der Waals surface area contributed by atoms with Crippen LogP contribution in [0.3, 0.4) is 0 Å². The van der Waals surface area contributed by atoms with E-state index in [1.165, 1.54) is 96.1 Å². The molecule has 0 N–H and O–H groups in total. The summed E-state index contributed by atoms with van der Waals surface area (Å²) < 4.78 is 3.34. The molecule has 0 saturated heterocycles. The Morgan fingerprint density at radius 2 is 1.24 bits per heavy atom. The zero-order valence-electron chi connectivity index (χ0n) is 25.1. The van der Waals surface area contributed by atoms with Crippen molar-refractivity contribution in [1.29, 1.82) is 0 Å². The molecule has 0 spiro atoms. The molecule has 0 saturated carbocycles. The van der Waals surface area contributed by atoms with Gasteiger partial charge in [0.25, 0.3) is 0 Å². The van der Waals surface area contributed by atoms with Gasteiger partial charge in [-0.3, -0.25) is 6.08 Å². The van der Waals surface area contributed by atoms with E-state index < -0.39 is 0 Å². The summed E-state index contributed by atoms with van der Waals surface area (Å²) in [6.07, 6.45) is 18.6. The third-order valence-electron chi connectivity index (χ3n) is 6.41. The monoisotopic (exact) mass is 672 g/mol. The zero-order valence-corrected chi connectivity index (χ0v) is 29.2. The molecule has 42 heavy (non-hydrogen) atoms. The fourth-order valence-electron chi connectivity index (χ4n) is 4.28. The fourth-order valence-corrected chi connectivity index (χ4v) is 4.28. The summed E-state index contributed by atoms with van der Waals surface area (Å²) in [7, 11) is 0. The SMILES string of the molecule is CCCCc1cc[c-]cc1.CCCCc1cc[c-]cc1.Cl.Cl.[C-]1=CC=CC1.[CH2]=[Zr].[c-]1cccc2c1Cc1ccccc1-2. The van der Waals surface area contributed by atoms with E-state index in [-0.39, 0.29) is 24.8 Å². The predicted octanol–water partition coefficient (Wildman–Crippen LogP) is 10.8. The summed E-state index contributed by atoms with van der Waals surface area (Å²) in [4.78, 5) is 0. The Balaban J connectivity index is 0.000000534. The van der Waals surface area contributed by atoms with Crippen molar-refractivity contribution in [2.45, 2.75) is 65.2 Å². The van der Waals surface area contributed by atoms with Crippen LogP contribution in [0.1, 0.15) is 68.2 Å². The molecule has 4 aromatic rings. The summed E-state index contributed by atoms with van der Waals surface area (Å²) >= 11 is 1.30. The fraction of sp³-hybridized carbons (Fsp3) is 0.256. The Morgan fingerprint density at radius 3 is 1.71 bits per heavy atom. The molecule has 0 fully saturated rings. The van der Waals surface area contributed by atoms with Gasteiger partial charge in [-0.2, -0.15) is 108 Å². The smallest absolute Gasteiger partial charge is 0.0253 e. The van der Waals surface area contributed by atoms with Crippen molar-refractivity contribution >= 4 is 29.0 Å².